The molecule has 3 rings (SSSR count). The molecule has 0 saturated heterocycles. The van der Waals surface area contributed by atoms with Crippen molar-refractivity contribution in [1.82, 2.24) is 0 Å². The molecule has 0 bridgehead atoms. The minimum Gasteiger partial charge on any atom is -0.497 e. The Morgan fingerprint density at radius 3 is 2.47 bits per heavy atom. The van der Waals surface area contributed by atoms with E-state index in [1.54, 1.807) is 11.0 Å². The first-order valence-electron chi connectivity index (χ1n) is 9.11. The Hall–Kier alpha value is -3.27. The number of aryl methyl sites for hydroxylation is 1. The van der Waals surface area contributed by atoms with Crippen LogP contribution in [0.2, 0.25) is 0 Å². The second-order valence-electron chi connectivity index (χ2n) is 6.73. The Morgan fingerprint density at radius 1 is 1.13 bits per heavy atom. The van der Waals surface area contributed by atoms with Crippen LogP contribution in [-0.4, -0.2) is 46.2 Å². The van der Waals surface area contributed by atoms with Crippen molar-refractivity contribution in [2.24, 2.45) is 0 Å². The number of hydrogen-bond acceptors (Lipinski definition) is 6. The topological polar surface area (TPSA) is 122 Å². The number of aromatic carboxylic acids is 1. The smallest absolute Gasteiger partial charge is 0.338 e. The number of sulfonamides is 1. The predicted octanol–water partition coefficient (Wildman–Crippen LogP) is 2.50. The Kier molecular flexibility index (Phi) is 5.88. The maximum Gasteiger partial charge on any atom is 0.338 e. The second kappa shape index (κ2) is 8.23. The fourth-order valence-corrected chi connectivity index (χ4v) is 4.55. The fraction of sp³-hybridized carbons (Fsp3) is 0.300. The van der Waals surface area contributed by atoms with Gasteiger partial charge in [-0.25, -0.2) is 13.2 Å². The number of amides is 1. The number of carboxylic acids is 1. The van der Waals surface area contributed by atoms with Gasteiger partial charge in [-0.3, -0.25) is 9.52 Å². The van der Waals surface area contributed by atoms with Gasteiger partial charge in [0.2, 0.25) is 5.91 Å². The molecule has 0 atom stereocenters. The third-order valence-corrected chi connectivity index (χ3v) is 6.21. The van der Waals surface area contributed by atoms with Crippen LogP contribution in [0.25, 0.3) is 0 Å². The van der Waals surface area contributed by atoms with Gasteiger partial charge in [0.15, 0.2) is 0 Å². The van der Waals surface area contributed by atoms with E-state index in [1.165, 1.54) is 45.4 Å². The first-order valence-corrected chi connectivity index (χ1v) is 10.6. The summed E-state index contributed by atoms with van der Waals surface area (Å²) in [6.45, 7) is 2.04. The van der Waals surface area contributed by atoms with E-state index < -0.39 is 16.0 Å². The molecule has 9 nitrogen and oxygen atoms in total. The number of rotatable bonds is 6. The minimum absolute atomic E-state index is 0.0102. The van der Waals surface area contributed by atoms with Crippen LogP contribution in [0.4, 0.5) is 11.4 Å². The van der Waals surface area contributed by atoms with Crippen molar-refractivity contribution >= 4 is 33.3 Å². The van der Waals surface area contributed by atoms with E-state index in [0.717, 1.165) is 12.0 Å². The van der Waals surface area contributed by atoms with Gasteiger partial charge in [0.05, 0.1) is 24.7 Å². The molecule has 2 aromatic rings. The lowest BCUT2D eigenvalue weighted by atomic mass is 10.0. The van der Waals surface area contributed by atoms with Crippen LogP contribution < -0.4 is 19.1 Å². The number of fused-ring (bicyclic) bond motifs is 1. The van der Waals surface area contributed by atoms with E-state index >= 15 is 0 Å². The normalized spacial score (nSPS) is 13.4. The molecular weight excluding hydrogens is 412 g/mol. The highest BCUT2D eigenvalue weighted by Gasteiger charge is 2.26. The van der Waals surface area contributed by atoms with Gasteiger partial charge in [-0.15, -0.1) is 0 Å². The minimum atomic E-state index is -4.13. The van der Waals surface area contributed by atoms with E-state index in [0.29, 0.717) is 18.7 Å². The van der Waals surface area contributed by atoms with Crippen molar-refractivity contribution < 1.29 is 32.6 Å². The van der Waals surface area contributed by atoms with Gasteiger partial charge < -0.3 is 19.5 Å². The summed E-state index contributed by atoms with van der Waals surface area (Å²) in [4.78, 5) is 25.1. The van der Waals surface area contributed by atoms with Gasteiger partial charge in [0, 0.05) is 25.2 Å². The molecule has 1 amide bonds. The molecule has 2 N–H and O–H groups in total. The summed E-state index contributed by atoms with van der Waals surface area (Å²) < 4.78 is 38.6. The van der Waals surface area contributed by atoms with Crippen LogP contribution >= 0.6 is 0 Å². The number of methoxy groups -OCH3 is 2. The van der Waals surface area contributed by atoms with Crippen molar-refractivity contribution in [2.45, 2.75) is 24.7 Å². The highest BCUT2D eigenvalue weighted by molar-refractivity contribution is 7.92. The number of nitrogens with zero attached hydrogens (tertiary/aromatic N) is 1. The van der Waals surface area contributed by atoms with Crippen LogP contribution in [0, 0.1) is 0 Å². The molecule has 160 valence electrons. The molecule has 30 heavy (non-hydrogen) atoms. The molecule has 10 heteroatoms. The van der Waals surface area contributed by atoms with Crippen LogP contribution in [0.15, 0.2) is 35.2 Å². The number of carboxylic acid groups (broad SMARTS) is 1. The number of hydrogen-bond donors (Lipinski definition) is 2. The average Bonchev–Trinajstić information content (AvgIpc) is 2.72. The first-order chi connectivity index (χ1) is 14.2. The third kappa shape index (κ3) is 4.04. The van der Waals surface area contributed by atoms with Crippen LogP contribution in [0.3, 0.4) is 0 Å². The molecule has 0 radical (unpaired) electrons. The summed E-state index contributed by atoms with van der Waals surface area (Å²) in [6, 6.07) is 7.08. The lowest BCUT2D eigenvalue weighted by Crippen LogP contribution is -2.33. The van der Waals surface area contributed by atoms with Crippen molar-refractivity contribution in [3.8, 4) is 11.5 Å². The van der Waals surface area contributed by atoms with Crippen LogP contribution in [0.1, 0.15) is 29.3 Å². The molecule has 0 aliphatic carbocycles. The lowest BCUT2D eigenvalue weighted by Gasteiger charge is -2.29. The zero-order valence-electron chi connectivity index (χ0n) is 16.8. The Morgan fingerprint density at radius 2 is 1.87 bits per heavy atom. The molecule has 1 heterocycles. The summed E-state index contributed by atoms with van der Waals surface area (Å²) in [6.07, 6.45) is 1.35. The quantitative estimate of drug-likeness (QED) is 0.716. The second-order valence-corrected chi connectivity index (χ2v) is 8.41. The molecular formula is C20H22N2O7S. The van der Waals surface area contributed by atoms with Crippen LogP contribution in [0.5, 0.6) is 11.5 Å². The molecule has 1 aliphatic heterocycles. The van der Waals surface area contributed by atoms with Crippen molar-refractivity contribution in [3.05, 3.63) is 41.5 Å². The summed E-state index contributed by atoms with van der Waals surface area (Å²) in [5.74, 6) is -1.23. The van der Waals surface area contributed by atoms with Crippen molar-refractivity contribution in [2.75, 3.05) is 30.4 Å². The Balaban J connectivity index is 2.04. The Labute approximate surface area is 174 Å². The van der Waals surface area contributed by atoms with Crippen molar-refractivity contribution in [3.63, 3.8) is 0 Å². The SMILES string of the molecule is COc1cc(OC)c(NS(=O)(=O)c2ccc3c(c2)CCCN3C(C)=O)c(C(=O)O)c1. The summed E-state index contributed by atoms with van der Waals surface area (Å²) in [5, 5.41) is 9.53. The number of carbonyl (C=O) groups excluding carboxylic acids is 1. The number of benzene rings is 2. The maximum absolute atomic E-state index is 13.0. The summed E-state index contributed by atoms with van der Waals surface area (Å²) >= 11 is 0. The number of carbonyl (C=O) groups is 2. The highest BCUT2D eigenvalue weighted by Crippen LogP contribution is 2.36. The average molecular weight is 434 g/mol. The number of ether oxygens (including phenoxy) is 2. The van der Waals surface area contributed by atoms with Gasteiger partial charge in [0.25, 0.3) is 10.0 Å². The number of nitrogens with one attached hydrogen (secondary N) is 1. The van der Waals surface area contributed by atoms with Gasteiger partial charge in [0.1, 0.15) is 17.2 Å². The molecule has 0 aromatic heterocycles. The molecule has 0 unspecified atom stereocenters. The third-order valence-electron chi connectivity index (χ3n) is 4.86. The maximum atomic E-state index is 13.0. The molecule has 2 aromatic carbocycles. The fourth-order valence-electron chi connectivity index (χ4n) is 3.40. The molecule has 0 fully saturated rings. The first kappa shape index (κ1) is 21.4. The van der Waals surface area contributed by atoms with E-state index in [4.69, 9.17) is 9.47 Å². The Bertz CT molecular complexity index is 1110. The van der Waals surface area contributed by atoms with E-state index in [9.17, 15) is 23.1 Å². The highest BCUT2D eigenvalue weighted by atomic mass is 32.2. The predicted molar refractivity (Wildman–Crippen MR) is 110 cm³/mol. The van der Waals surface area contributed by atoms with E-state index in [-0.39, 0.29) is 33.6 Å². The zero-order chi connectivity index (χ0) is 22.1. The largest absolute Gasteiger partial charge is 0.497 e. The zero-order valence-corrected chi connectivity index (χ0v) is 17.6. The van der Waals surface area contributed by atoms with Crippen LogP contribution in [-0.2, 0) is 21.2 Å². The molecule has 1 aliphatic rings. The van der Waals surface area contributed by atoms with E-state index in [1.807, 2.05) is 0 Å². The molecule has 0 saturated carbocycles. The van der Waals surface area contributed by atoms with Gasteiger partial charge in [-0.2, -0.15) is 0 Å². The van der Waals surface area contributed by atoms with E-state index in [2.05, 4.69) is 4.72 Å². The summed E-state index contributed by atoms with van der Waals surface area (Å²) in [7, 11) is -1.47. The standard InChI is InChI=1S/C20H22N2O7S/c1-12(23)22-8-4-5-13-9-15(6-7-17(13)22)30(26,27)21-19-16(20(24)25)10-14(28-2)11-18(19)29-3/h6-7,9-11,21H,4-5,8H2,1-3H3,(H,24,25). The summed E-state index contributed by atoms with van der Waals surface area (Å²) in [5.41, 5.74) is 0.907. The van der Waals surface area contributed by atoms with Gasteiger partial charge in [-0.05, 0) is 42.7 Å². The monoisotopic (exact) mass is 434 g/mol. The van der Waals surface area contributed by atoms with Gasteiger partial charge >= 0.3 is 5.97 Å². The number of anilines is 2. The van der Waals surface area contributed by atoms with Gasteiger partial charge in [-0.1, -0.05) is 0 Å². The lowest BCUT2D eigenvalue weighted by molar-refractivity contribution is -0.116. The van der Waals surface area contributed by atoms with Crippen molar-refractivity contribution in [1.29, 1.82) is 0 Å². The molecule has 0 spiro atoms.